The zero-order valence-corrected chi connectivity index (χ0v) is 13.8. The van der Waals surface area contributed by atoms with Crippen molar-refractivity contribution in [3.8, 4) is 5.75 Å². The third kappa shape index (κ3) is 4.32. The number of carboxylic acids is 1. The molecular weight excluding hydrogens is 346 g/mol. The van der Waals surface area contributed by atoms with Gasteiger partial charge in [0.1, 0.15) is 18.4 Å². The number of carbonyl (C=O) groups is 1. The predicted octanol–water partition coefficient (Wildman–Crippen LogP) is 3.29. The summed E-state index contributed by atoms with van der Waals surface area (Å²) in [7, 11) is 0. The van der Waals surface area contributed by atoms with Crippen molar-refractivity contribution in [2.24, 2.45) is 5.73 Å². The van der Waals surface area contributed by atoms with Crippen molar-refractivity contribution in [1.82, 2.24) is 0 Å². The van der Waals surface area contributed by atoms with Crippen LogP contribution in [0.3, 0.4) is 0 Å². The van der Waals surface area contributed by atoms with Gasteiger partial charge in [-0.1, -0.05) is 36.4 Å². The summed E-state index contributed by atoms with van der Waals surface area (Å²) in [5.41, 5.74) is 8.47. The van der Waals surface area contributed by atoms with Crippen LogP contribution in [-0.2, 0) is 17.8 Å². The van der Waals surface area contributed by atoms with Crippen LogP contribution in [0.1, 0.15) is 16.7 Å². The molecule has 0 saturated heterocycles. The summed E-state index contributed by atoms with van der Waals surface area (Å²) in [6.45, 7) is 2.41. The highest BCUT2D eigenvalue weighted by atomic mass is 79.9. The lowest BCUT2D eigenvalue weighted by atomic mass is 10.0. The number of hydrogen-bond donors (Lipinski definition) is 2. The van der Waals surface area contributed by atoms with Gasteiger partial charge in [-0.05, 0) is 52.0 Å². The van der Waals surface area contributed by atoms with Crippen LogP contribution in [0.2, 0.25) is 0 Å². The van der Waals surface area contributed by atoms with E-state index in [4.69, 9.17) is 15.6 Å². The standard InChI is InChI=1S/C17H18BrNO3/c1-11-7-13(9-15(19)17(20)21)8-14(18)16(11)22-10-12-5-3-2-4-6-12/h2-8,15H,9-10,19H2,1H3,(H,20,21). The van der Waals surface area contributed by atoms with Gasteiger partial charge in [-0.2, -0.15) is 0 Å². The molecule has 116 valence electrons. The molecule has 1 unspecified atom stereocenters. The zero-order chi connectivity index (χ0) is 16.1. The molecular formula is C17H18BrNO3. The Balaban J connectivity index is 2.11. The van der Waals surface area contributed by atoms with Crippen molar-refractivity contribution < 1.29 is 14.6 Å². The van der Waals surface area contributed by atoms with Crippen molar-refractivity contribution in [2.75, 3.05) is 0 Å². The van der Waals surface area contributed by atoms with Gasteiger partial charge in [0.05, 0.1) is 4.47 Å². The van der Waals surface area contributed by atoms with Crippen LogP contribution in [0.4, 0.5) is 0 Å². The fourth-order valence-electron chi connectivity index (χ4n) is 2.17. The fourth-order valence-corrected chi connectivity index (χ4v) is 2.89. The summed E-state index contributed by atoms with van der Waals surface area (Å²) in [4.78, 5) is 10.8. The van der Waals surface area contributed by atoms with Crippen molar-refractivity contribution in [2.45, 2.75) is 26.0 Å². The summed E-state index contributed by atoms with van der Waals surface area (Å²) in [6.07, 6.45) is 0.285. The van der Waals surface area contributed by atoms with Crippen LogP contribution >= 0.6 is 15.9 Å². The first-order valence-electron chi connectivity index (χ1n) is 6.91. The van der Waals surface area contributed by atoms with Crippen LogP contribution in [0.15, 0.2) is 46.9 Å². The molecule has 2 rings (SSSR count). The summed E-state index contributed by atoms with van der Waals surface area (Å²) in [5.74, 6) is -0.241. The van der Waals surface area contributed by atoms with Gasteiger partial charge in [0.15, 0.2) is 0 Å². The first-order chi connectivity index (χ1) is 10.5. The lowest BCUT2D eigenvalue weighted by molar-refractivity contribution is -0.138. The predicted molar refractivity (Wildman–Crippen MR) is 89.0 cm³/mol. The Bertz CT molecular complexity index is 635. The van der Waals surface area contributed by atoms with Crippen molar-refractivity contribution in [3.05, 3.63) is 63.6 Å². The molecule has 22 heavy (non-hydrogen) atoms. The topological polar surface area (TPSA) is 72.6 Å². The Labute approximate surface area is 138 Å². The molecule has 5 heteroatoms. The second kappa shape index (κ2) is 7.42. The highest BCUT2D eigenvalue weighted by Crippen LogP contribution is 2.31. The lowest BCUT2D eigenvalue weighted by Gasteiger charge is -2.14. The van der Waals surface area contributed by atoms with Gasteiger partial charge in [-0.3, -0.25) is 4.79 Å². The molecule has 0 radical (unpaired) electrons. The molecule has 4 nitrogen and oxygen atoms in total. The molecule has 0 aliphatic rings. The first kappa shape index (κ1) is 16.5. The Morgan fingerprint density at radius 1 is 1.27 bits per heavy atom. The molecule has 1 atom stereocenters. The summed E-state index contributed by atoms with van der Waals surface area (Å²) < 4.78 is 6.67. The molecule has 3 N–H and O–H groups in total. The van der Waals surface area contributed by atoms with Gasteiger partial charge >= 0.3 is 5.97 Å². The average molecular weight is 364 g/mol. The van der Waals surface area contributed by atoms with Gasteiger partial charge in [0.25, 0.3) is 0 Å². The summed E-state index contributed by atoms with van der Waals surface area (Å²) in [6, 6.07) is 12.8. The van der Waals surface area contributed by atoms with Crippen LogP contribution in [0.5, 0.6) is 5.75 Å². The van der Waals surface area contributed by atoms with E-state index in [1.807, 2.05) is 49.4 Å². The molecule has 0 aliphatic carbocycles. The Morgan fingerprint density at radius 2 is 1.95 bits per heavy atom. The molecule has 0 amide bonds. The number of halogens is 1. The number of rotatable bonds is 6. The van der Waals surface area contributed by atoms with E-state index in [1.54, 1.807) is 0 Å². The Hall–Kier alpha value is -1.85. The summed E-state index contributed by atoms with van der Waals surface area (Å²) >= 11 is 3.49. The average Bonchev–Trinajstić information content (AvgIpc) is 2.47. The van der Waals surface area contributed by atoms with Gasteiger partial charge in [0.2, 0.25) is 0 Å². The number of carboxylic acid groups (broad SMARTS) is 1. The van der Waals surface area contributed by atoms with Crippen molar-refractivity contribution >= 4 is 21.9 Å². The molecule has 2 aromatic carbocycles. The van der Waals surface area contributed by atoms with Gasteiger partial charge < -0.3 is 15.6 Å². The van der Waals surface area contributed by atoms with Gasteiger partial charge in [-0.15, -0.1) is 0 Å². The quantitative estimate of drug-likeness (QED) is 0.825. The minimum Gasteiger partial charge on any atom is -0.487 e. The van der Waals surface area contributed by atoms with E-state index in [2.05, 4.69) is 15.9 Å². The van der Waals surface area contributed by atoms with Gasteiger partial charge in [-0.25, -0.2) is 0 Å². The van der Waals surface area contributed by atoms with E-state index in [1.165, 1.54) is 0 Å². The minimum atomic E-state index is -1.00. The number of ether oxygens (including phenoxy) is 1. The highest BCUT2D eigenvalue weighted by Gasteiger charge is 2.15. The monoisotopic (exact) mass is 363 g/mol. The number of hydrogen-bond acceptors (Lipinski definition) is 3. The van der Waals surface area contributed by atoms with Crippen molar-refractivity contribution in [1.29, 1.82) is 0 Å². The third-order valence-corrected chi connectivity index (χ3v) is 3.88. The molecule has 0 aromatic heterocycles. The van der Waals surface area contributed by atoms with E-state index in [0.717, 1.165) is 26.9 Å². The van der Waals surface area contributed by atoms with E-state index < -0.39 is 12.0 Å². The largest absolute Gasteiger partial charge is 0.487 e. The molecule has 0 saturated carbocycles. The molecule has 0 fully saturated rings. The van der Waals surface area contributed by atoms with Crippen LogP contribution in [-0.4, -0.2) is 17.1 Å². The lowest BCUT2D eigenvalue weighted by Crippen LogP contribution is -2.32. The first-order valence-corrected chi connectivity index (χ1v) is 7.71. The number of nitrogens with two attached hydrogens (primary N) is 1. The van der Waals surface area contributed by atoms with E-state index in [-0.39, 0.29) is 6.42 Å². The van der Waals surface area contributed by atoms with E-state index in [0.29, 0.717) is 6.61 Å². The van der Waals surface area contributed by atoms with Crippen LogP contribution in [0, 0.1) is 6.92 Å². The smallest absolute Gasteiger partial charge is 0.320 e. The molecule has 0 aliphatic heterocycles. The zero-order valence-electron chi connectivity index (χ0n) is 12.3. The van der Waals surface area contributed by atoms with E-state index >= 15 is 0 Å². The van der Waals surface area contributed by atoms with Gasteiger partial charge in [0, 0.05) is 0 Å². The second-order valence-electron chi connectivity index (χ2n) is 5.15. The number of benzene rings is 2. The highest BCUT2D eigenvalue weighted by molar-refractivity contribution is 9.10. The van der Waals surface area contributed by atoms with E-state index in [9.17, 15) is 4.79 Å². The fraction of sp³-hybridized carbons (Fsp3) is 0.235. The minimum absolute atomic E-state index is 0.285. The Kier molecular flexibility index (Phi) is 5.57. The van der Waals surface area contributed by atoms with Crippen LogP contribution < -0.4 is 10.5 Å². The maximum absolute atomic E-state index is 10.8. The SMILES string of the molecule is Cc1cc(CC(N)C(=O)O)cc(Br)c1OCc1ccccc1. The molecule has 0 heterocycles. The Morgan fingerprint density at radius 3 is 2.55 bits per heavy atom. The maximum atomic E-state index is 10.8. The second-order valence-corrected chi connectivity index (χ2v) is 6.00. The summed E-state index contributed by atoms with van der Waals surface area (Å²) in [5, 5.41) is 8.89. The normalized spacial score (nSPS) is 12.0. The third-order valence-electron chi connectivity index (χ3n) is 3.29. The molecule has 2 aromatic rings. The van der Waals surface area contributed by atoms with Crippen LogP contribution in [0.25, 0.3) is 0 Å². The number of aryl methyl sites for hydroxylation is 1. The molecule has 0 spiro atoms. The van der Waals surface area contributed by atoms with Crippen molar-refractivity contribution in [3.63, 3.8) is 0 Å². The molecule has 0 bridgehead atoms. The maximum Gasteiger partial charge on any atom is 0.320 e. The number of aliphatic carboxylic acids is 1.